The molecule has 1 aromatic carbocycles. The summed E-state index contributed by atoms with van der Waals surface area (Å²) < 4.78 is 12.4. The van der Waals surface area contributed by atoms with E-state index < -0.39 is 0 Å². The summed E-state index contributed by atoms with van der Waals surface area (Å²) in [6.07, 6.45) is 0.958. The predicted molar refractivity (Wildman–Crippen MR) is 102 cm³/mol. The van der Waals surface area contributed by atoms with Crippen LogP contribution in [-0.4, -0.2) is 29.4 Å². The fraction of sp³-hybridized carbons (Fsp3) is 0.300. The lowest BCUT2D eigenvalue weighted by Gasteiger charge is -2.21. The number of hydrogen-bond acceptors (Lipinski definition) is 5. The summed E-state index contributed by atoms with van der Waals surface area (Å²) in [5, 5.41) is 1.88. The first-order valence-corrected chi connectivity index (χ1v) is 9.13. The first kappa shape index (κ1) is 18.2. The van der Waals surface area contributed by atoms with Crippen LogP contribution in [0.15, 0.2) is 35.7 Å². The van der Waals surface area contributed by atoms with Crippen LogP contribution in [0.25, 0.3) is 16.0 Å². The maximum atomic E-state index is 11.8. The summed E-state index contributed by atoms with van der Waals surface area (Å²) in [5.41, 5.74) is 2.77. The van der Waals surface area contributed by atoms with Gasteiger partial charge in [-0.05, 0) is 44.5 Å². The van der Waals surface area contributed by atoms with E-state index in [1.54, 1.807) is 0 Å². The van der Waals surface area contributed by atoms with Crippen LogP contribution in [0.5, 0.6) is 5.75 Å². The summed E-state index contributed by atoms with van der Waals surface area (Å²) in [6, 6.07) is 9.64. The average Bonchev–Trinajstić information content (AvgIpc) is 3.13. The van der Waals surface area contributed by atoms with Crippen molar-refractivity contribution in [3.05, 3.63) is 47.1 Å². The van der Waals surface area contributed by atoms with Crippen LogP contribution < -0.4 is 4.74 Å². The number of fused-ring (bicyclic) bond motifs is 1. The van der Waals surface area contributed by atoms with Gasteiger partial charge in [-0.15, -0.1) is 11.3 Å². The monoisotopic (exact) mass is 371 g/mol. The number of thiazole rings is 1. The first-order chi connectivity index (χ1) is 12.3. The van der Waals surface area contributed by atoms with Gasteiger partial charge in [0.1, 0.15) is 16.2 Å². The number of aldehydes is 1. The van der Waals surface area contributed by atoms with Crippen LogP contribution in [0.1, 0.15) is 37.0 Å². The van der Waals surface area contributed by atoms with Gasteiger partial charge in [0.25, 0.3) is 0 Å². The van der Waals surface area contributed by atoms with Crippen LogP contribution >= 0.6 is 11.3 Å². The Bertz CT molecular complexity index is 945. The number of hydrogen-bond donors (Lipinski definition) is 0. The lowest BCUT2D eigenvalue weighted by Crippen LogP contribution is -2.22. The van der Waals surface area contributed by atoms with E-state index in [-0.39, 0.29) is 18.0 Å². The second-order valence-corrected chi connectivity index (χ2v) is 7.84. The zero-order valence-corrected chi connectivity index (χ0v) is 16.1. The molecule has 6 heteroatoms. The normalized spacial score (nSPS) is 11.5. The Hall–Kier alpha value is -2.60. The number of carbonyl (C=O) groups is 2. The maximum Gasteiger partial charge on any atom is 0.311 e. The molecule has 0 aliphatic carbocycles. The third kappa shape index (κ3) is 3.65. The molecule has 0 fully saturated rings. The predicted octanol–water partition coefficient (Wildman–Crippen LogP) is 4.37. The summed E-state index contributed by atoms with van der Waals surface area (Å²) in [4.78, 5) is 24.3. The molecule has 2 aromatic heterocycles. The molecule has 2 heterocycles. The van der Waals surface area contributed by atoms with Crippen molar-refractivity contribution in [2.75, 3.05) is 7.11 Å². The highest BCUT2D eigenvalue weighted by Gasteiger charge is 2.18. The molecule has 3 aromatic rings. The van der Waals surface area contributed by atoms with Crippen molar-refractivity contribution < 1.29 is 19.1 Å². The number of rotatable bonds is 5. The minimum atomic E-state index is -0.333. The minimum Gasteiger partial charge on any atom is -0.488 e. The Labute approximate surface area is 156 Å². The number of carbonyl (C=O) groups excluding carboxylic acids is 2. The summed E-state index contributed by atoms with van der Waals surface area (Å²) >= 11 is 1.49. The number of aromatic nitrogens is 1. The van der Waals surface area contributed by atoms with Crippen LogP contribution in [-0.2, 0) is 16.0 Å². The molecule has 0 unspecified atom stereocenters. The van der Waals surface area contributed by atoms with E-state index in [1.165, 1.54) is 18.4 Å². The molecule has 3 rings (SSSR count). The van der Waals surface area contributed by atoms with Crippen molar-refractivity contribution in [3.8, 4) is 16.9 Å². The molecular formula is C20H21NO4S. The lowest BCUT2D eigenvalue weighted by molar-refractivity contribution is -0.139. The van der Waals surface area contributed by atoms with E-state index in [9.17, 15) is 9.59 Å². The number of methoxy groups -OCH3 is 1. The Morgan fingerprint density at radius 3 is 2.50 bits per heavy atom. The Kier molecular flexibility index (Phi) is 4.87. The molecule has 0 N–H and O–H groups in total. The standard InChI is InChI=1S/C20H21NO4S/c1-20(2,3)25-15-7-5-13(6-8-15)16-10-18-21(17(16)11-22)14(12-26-18)9-19(23)24-4/h5-8,10-12H,9H2,1-4H3. The SMILES string of the molecule is COC(=O)Cc1csc2cc(-c3ccc(OC(C)(C)C)cc3)c(C=O)n12. The van der Waals surface area contributed by atoms with Crippen LogP contribution in [0.3, 0.4) is 0 Å². The molecule has 5 nitrogen and oxygen atoms in total. The van der Waals surface area contributed by atoms with Crippen molar-refractivity contribution in [3.63, 3.8) is 0 Å². The highest BCUT2D eigenvalue weighted by atomic mass is 32.1. The second kappa shape index (κ2) is 6.96. The summed E-state index contributed by atoms with van der Waals surface area (Å²) in [7, 11) is 1.36. The smallest absolute Gasteiger partial charge is 0.311 e. The van der Waals surface area contributed by atoms with Gasteiger partial charge in [0.05, 0.1) is 19.2 Å². The van der Waals surface area contributed by atoms with Gasteiger partial charge in [-0.1, -0.05) is 12.1 Å². The minimum absolute atomic E-state index is 0.129. The average molecular weight is 371 g/mol. The highest BCUT2D eigenvalue weighted by Crippen LogP contribution is 2.32. The highest BCUT2D eigenvalue weighted by molar-refractivity contribution is 7.15. The van der Waals surface area contributed by atoms with Crippen molar-refractivity contribution >= 4 is 28.4 Å². The van der Waals surface area contributed by atoms with Crippen molar-refractivity contribution in [2.45, 2.75) is 32.8 Å². The van der Waals surface area contributed by atoms with Gasteiger partial charge >= 0.3 is 5.97 Å². The van der Waals surface area contributed by atoms with E-state index in [4.69, 9.17) is 9.47 Å². The number of benzene rings is 1. The quantitative estimate of drug-likeness (QED) is 0.493. The molecule has 0 atom stereocenters. The number of esters is 1. The van der Waals surface area contributed by atoms with Crippen LogP contribution in [0, 0.1) is 0 Å². The van der Waals surface area contributed by atoms with Gasteiger partial charge < -0.3 is 13.9 Å². The van der Waals surface area contributed by atoms with E-state index in [0.717, 1.165) is 33.7 Å². The van der Waals surface area contributed by atoms with Crippen molar-refractivity contribution in [1.82, 2.24) is 4.40 Å². The molecular weight excluding hydrogens is 350 g/mol. The summed E-state index contributed by atoms with van der Waals surface area (Å²) in [5.74, 6) is 0.446. The summed E-state index contributed by atoms with van der Waals surface area (Å²) in [6.45, 7) is 5.99. The second-order valence-electron chi connectivity index (χ2n) is 6.95. The van der Waals surface area contributed by atoms with Gasteiger partial charge in [-0.2, -0.15) is 0 Å². The van der Waals surface area contributed by atoms with Gasteiger partial charge in [-0.25, -0.2) is 0 Å². The molecule has 0 bridgehead atoms. The zero-order chi connectivity index (χ0) is 18.9. The molecule has 0 spiro atoms. The molecule has 0 saturated heterocycles. The Morgan fingerprint density at radius 1 is 1.23 bits per heavy atom. The van der Waals surface area contributed by atoms with Gasteiger partial charge in [0.2, 0.25) is 0 Å². The lowest BCUT2D eigenvalue weighted by atomic mass is 10.1. The van der Waals surface area contributed by atoms with Crippen LogP contribution in [0.4, 0.5) is 0 Å². The van der Waals surface area contributed by atoms with E-state index in [0.29, 0.717) is 5.69 Å². The molecule has 0 amide bonds. The van der Waals surface area contributed by atoms with Gasteiger partial charge in [-0.3, -0.25) is 9.59 Å². The third-order valence-corrected chi connectivity index (χ3v) is 4.79. The fourth-order valence-corrected chi connectivity index (χ4v) is 3.76. The van der Waals surface area contributed by atoms with E-state index in [1.807, 2.05) is 60.9 Å². The first-order valence-electron chi connectivity index (χ1n) is 8.25. The molecule has 26 heavy (non-hydrogen) atoms. The largest absolute Gasteiger partial charge is 0.488 e. The van der Waals surface area contributed by atoms with Crippen molar-refractivity contribution in [2.24, 2.45) is 0 Å². The van der Waals surface area contributed by atoms with E-state index in [2.05, 4.69) is 0 Å². The molecule has 0 radical (unpaired) electrons. The Morgan fingerprint density at radius 2 is 1.92 bits per heavy atom. The topological polar surface area (TPSA) is 57.0 Å². The van der Waals surface area contributed by atoms with E-state index >= 15 is 0 Å². The fourth-order valence-electron chi connectivity index (χ4n) is 2.81. The zero-order valence-electron chi connectivity index (χ0n) is 15.2. The van der Waals surface area contributed by atoms with Gasteiger partial charge in [0, 0.05) is 16.6 Å². The van der Waals surface area contributed by atoms with Crippen LogP contribution in [0.2, 0.25) is 0 Å². The number of ether oxygens (including phenoxy) is 2. The van der Waals surface area contributed by atoms with Crippen molar-refractivity contribution in [1.29, 1.82) is 0 Å². The molecule has 136 valence electrons. The molecule has 0 aliphatic rings. The maximum absolute atomic E-state index is 11.8. The van der Waals surface area contributed by atoms with Gasteiger partial charge in [0.15, 0.2) is 6.29 Å². The molecule has 0 saturated carbocycles. The Balaban J connectivity index is 2.00. The molecule has 0 aliphatic heterocycles. The third-order valence-electron chi connectivity index (χ3n) is 3.86. The number of nitrogens with zero attached hydrogens (tertiary/aromatic N) is 1.